The third-order valence-corrected chi connectivity index (χ3v) is 2.92. The van der Waals surface area contributed by atoms with Crippen LogP contribution in [-0.2, 0) is 23.9 Å². The van der Waals surface area contributed by atoms with E-state index < -0.39 is 42.1 Å². The third kappa shape index (κ3) is 7.73. The lowest BCUT2D eigenvalue weighted by atomic mass is 10.1. The van der Waals surface area contributed by atoms with Crippen LogP contribution in [-0.4, -0.2) is 55.4 Å². The number of Topliss-reactive ketones (excluding diaryl/α,β-unsaturated/α-hetero) is 1. The number of rotatable bonds is 9. The van der Waals surface area contributed by atoms with Gasteiger partial charge in [-0.05, 0) is 20.3 Å². The molecule has 3 atom stereocenters. The van der Waals surface area contributed by atoms with Crippen molar-refractivity contribution >= 4 is 23.9 Å². The summed E-state index contributed by atoms with van der Waals surface area (Å²) in [4.78, 5) is 34.6. The van der Waals surface area contributed by atoms with Crippen molar-refractivity contribution in [2.45, 2.75) is 51.1 Å². The van der Waals surface area contributed by atoms with Gasteiger partial charge in [0.25, 0.3) is 0 Å². The molecule has 10 heteroatoms. The van der Waals surface area contributed by atoms with Gasteiger partial charge < -0.3 is 20.2 Å². The Labute approximate surface area is 131 Å². The van der Waals surface area contributed by atoms with Crippen LogP contribution in [0.15, 0.2) is 0 Å². The van der Waals surface area contributed by atoms with Crippen molar-refractivity contribution in [3.63, 3.8) is 0 Å². The number of esters is 1. The van der Waals surface area contributed by atoms with E-state index in [1.165, 1.54) is 14.0 Å². The lowest BCUT2D eigenvalue weighted by Gasteiger charge is -2.22. The molecule has 2 N–H and O–H groups in total. The molecule has 0 spiro atoms. The quantitative estimate of drug-likeness (QED) is 0.481. The first-order valence-corrected chi connectivity index (χ1v) is 6.66. The number of carbonyl (C=O) groups is 3. The van der Waals surface area contributed by atoms with Gasteiger partial charge in [-0.3, -0.25) is 9.59 Å². The number of ether oxygens (including phenoxy) is 2. The Morgan fingerprint density at radius 1 is 1.26 bits per heavy atom. The predicted octanol–water partition coefficient (Wildman–Crippen LogP) is 0.999. The monoisotopic (exact) mass is 340 g/mol. The predicted molar refractivity (Wildman–Crippen MR) is 73.0 cm³/mol. The van der Waals surface area contributed by atoms with Crippen LogP contribution in [0.2, 0.25) is 0 Å². The molecule has 0 unspecified atom stereocenters. The molecule has 0 aliphatic carbocycles. The van der Waals surface area contributed by atoms with Crippen molar-refractivity contribution in [1.82, 2.24) is 5.32 Å². The summed E-state index contributed by atoms with van der Waals surface area (Å²) in [6.45, 7) is 2.02. The number of hydrogen-bond acceptors (Lipinski definition) is 6. The summed E-state index contributed by atoms with van der Waals surface area (Å²) in [5.74, 6) is -2.69. The first-order valence-electron chi connectivity index (χ1n) is 6.66. The zero-order chi connectivity index (χ0) is 18.2. The molecule has 0 aromatic rings. The molecule has 0 bridgehead atoms. The minimum absolute atomic E-state index is 0.292. The van der Waals surface area contributed by atoms with Gasteiger partial charge in [-0.1, -0.05) is 0 Å². The molecule has 0 heterocycles. The molecular weight excluding hydrogens is 321 g/mol. The summed E-state index contributed by atoms with van der Waals surface area (Å²) >= 11 is 0. The molecule has 0 aliphatic heterocycles. The molecule has 23 heavy (non-hydrogen) atoms. The van der Waals surface area contributed by atoms with Crippen LogP contribution in [0.4, 0.5) is 13.2 Å². The van der Waals surface area contributed by atoms with Gasteiger partial charge in [0.05, 0.1) is 6.21 Å². The molecule has 0 saturated heterocycles. The zero-order valence-electron chi connectivity index (χ0n) is 12.9. The van der Waals surface area contributed by atoms with Crippen LogP contribution in [0, 0.1) is 5.41 Å². The van der Waals surface area contributed by atoms with Gasteiger partial charge in [-0.2, -0.15) is 13.2 Å². The van der Waals surface area contributed by atoms with Crippen LogP contribution in [0.25, 0.3) is 0 Å². The molecular formula is C13H19F3N2O5. The van der Waals surface area contributed by atoms with E-state index in [4.69, 9.17) is 10.1 Å². The average molecular weight is 340 g/mol. The summed E-state index contributed by atoms with van der Waals surface area (Å²) in [6, 6.07) is -1.45. The lowest BCUT2D eigenvalue weighted by Crippen LogP contribution is -2.47. The van der Waals surface area contributed by atoms with E-state index in [9.17, 15) is 27.6 Å². The number of methoxy groups -OCH3 is 1. The van der Waals surface area contributed by atoms with Gasteiger partial charge in [0.1, 0.15) is 12.1 Å². The van der Waals surface area contributed by atoms with E-state index in [2.05, 4.69) is 10.1 Å². The van der Waals surface area contributed by atoms with Gasteiger partial charge in [-0.25, -0.2) is 4.79 Å². The van der Waals surface area contributed by atoms with Crippen LogP contribution >= 0.6 is 0 Å². The van der Waals surface area contributed by atoms with E-state index in [0.29, 0.717) is 13.1 Å². The highest BCUT2D eigenvalue weighted by Gasteiger charge is 2.40. The molecule has 7 nitrogen and oxygen atoms in total. The smallest absolute Gasteiger partial charge is 0.425 e. The van der Waals surface area contributed by atoms with Crippen molar-refractivity contribution in [3.05, 3.63) is 0 Å². The fourth-order valence-corrected chi connectivity index (χ4v) is 1.33. The fourth-order valence-electron chi connectivity index (χ4n) is 1.33. The summed E-state index contributed by atoms with van der Waals surface area (Å²) in [5, 5.41) is 8.92. The molecule has 0 aromatic carbocycles. The van der Waals surface area contributed by atoms with E-state index in [1.54, 1.807) is 0 Å². The van der Waals surface area contributed by atoms with Crippen LogP contribution in [0.3, 0.4) is 0 Å². The molecule has 0 saturated carbocycles. The van der Waals surface area contributed by atoms with Crippen molar-refractivity contribution in [1.29, 1.82) is 5.41 Å². The molecule has 0 radical (unpaired) electrons. The zero-order valence-corrected chi connectivity index (χ0v) is 12.9. The Morgan fingerprint density at radius 3 is 2.26 bits per heavy atom. The summed E-state index contributed by atoms with van der Waals surface area (Å²) in [7, 11) is 1.24. The first kappa shape index (κ1) is 21.0. The Bertz CT molecular complexity index is 453. The summed E-state index contributed by atoms with van der Waals surface area (Å²) < 4.78 is 46.3. The third-order valence-electron chi connectivity index (χ3n) is 2.92. The number of carbonyl (C=O) groups excluding carboxylic acids is 3. The maximum absolute atomic E-state index is 12.4. The second-order valence-electron chi connectivity index (χ2n) is 4.71. The number of amides is 1. The average Bonchev–Trinajstić information content (AvgIpc) is 2.48. The summed E-state index contributed by atoms with van der Waals surface area (Å²) in [6.07, 6.45) is -8.11. The molecule has 132 valence electrons. The number of ketones is 1. The van der Waals surface area contributed by atoms with Gasteiger partial charge >= 0.3 is 12.1 Å². The SMILES string of the molecule is CO[C@@H](C)C(=O)N[C@@H](CCC(=O)C=N)C(=O)O[C@H](C)C(F)(F)F. The minimum Gasteiger partial charge on any atom is -0.451 e. The Hall–Kier alpha value is -1.97. The van der Waals surface area contributed by atoms with Gasteiger partial charge in [0, 0.05) is 13.5 Å². The highest BCUT2D eigenvalue weighted by atomic mass is 19.4. The summed E-state index contributed by atoms with van der Waals surface area (Å²) in [5.41, 5.74) is 0. The molecule has 0 rings (SSSR count). The second kappa shape index (κ2) is 9.23. The van der Waals surface area contributed by atoms with Gasteiger partial charge in [0.15, 0.2) is 11.9 Å². The van der Waals surface area contributed by atoms with E-state index >= 15 is 0 Å². The highest BCUT2D eigenvalue weighted by Crippen LogP contribution is 2.23. The fraction of sp³-hybridized carbons (Fsp3) is 0.692. The van der Waals surface area contributed by atoms with Crippen molar-refractivity contribution < 1.29 is 37.0 Å². The maximum atomic E-state index is 12.4. The molecule has 1 amide bonds. The van der Waals surface area contributed by atoms with Crippen molar-refractivity contribution in [2.24, 2.45) is 0 Å². The largest absolute Gasteiger partial charge is 0.451 e. The Morgan fingerprint density at radius 2 is 1.83 bits per heavy atom. The number of hydrogen-bond donors (Lipinski definition) is 2. The number of halogens is 3. The standard InChI is InChI=1S/C13H19F3N2O5/c1-7(22-3)11(20)18-10(5-4-9(19)6-17)12(21)23-8(2)13(14,15)16/h6-8,10,17H,4-5H2,1-3H3,(H,18,20)/t7-,8+,10-/m0/s1. The van der Waals surface area contributed by atoms with Gasteiger partial charge in [0.2, 0.25) is 5.91 Å². The minimum atomic E-state index is -4.74. The topological polar surface area (TPSA) is 106 Å². The van der Waals surface area contributed by atoms with Crippen molar-refractivity contribution in [2.75, 3.05) is 7.11 Å². The Kier molecular flexibility index (Phi) is 8.44. The normalized spacial score (nSPS) is 15.2. The number of alkyl halides is 3. The maximum Gasteiger partial charge on any atom is 0.425 e. The van der Waals surface area contributed by atoms with Gasteiger partial charge in [-0.15, -0.1) is 0 Å². The lowest BCUT2D eigenvalue weighted by molar-refractivity contribution is -0.217. The second-order valence-corrected chi connectivity index (χ2v) is 4.71. The molecule has 0 fully saturated rings. The van der Waals surface area contributed by atoms with Crippen LogP contribution in [0.1, 0.15) is 26.7 Å². The van der Waals surface area contributed by atoms with E-state index in [-0.39, 0.29) is 12.8 Å². The van der Waals surface area contributed by atoms with E-state index in [0.717, 1.165) is 0 Å². The number of nitrogens with one attached hydrogen (secondary N) is 2. The highest BCUT2D eigenvalue weighted by molar-refractivity contribution is 6.26. The van der Waals surface area contributed by atoms with Crippen LogP contribution < -0.4 is 5.32 Å². The van der Waals surface area contributed by atoms with Crippen LogP contribution in [0.5, 0.6) is 0 Å². The van der Waals surface area contributed by atoms with Crippen molar-refractivity contribution in [3.8, 4) is 0 Å². The first-order chi connectivity index (χ1) is 10.5. The molecule has 0 aromatic heterocycles. The Balaban J connectivity index is 4.94. The van der Waals surface area contributed by atoms with E-state index in [1.807, 2.05) is 0 Å². The molecule has 0 aliphatic rings.